The zero-order valence-corrected chi connectivity index (χ0v) is 16.8. The summed E-state index contributed by atoms with van der Waals surface area (Å²) in [5.41, 5.74) is 10.7. The first-order valence-electron chi connectivity index (χ1n) is 9.12. The molecule has 0 saturated carbocycles. The Bertz CT molecular complexity index is 695. The topological polar surface area (TPSA) is 66.9 Å². The van der Waals surface area contributed by atoms with Crippen molar-refractivity contribution in [3.05, 3.63) is 59.2 Å². The van der Waals surface area contributed by atoms with Gasteiger partial charge in [-0.1, -0.05) is 74.7 Å². The van der Waals surface area contributed by atoms with Gasteiger partial charge in [-0.25, -0.2) is 0 Å². The molecule has 3 heteroatoms. The van der Waals surface area contributed by atoms with E-state index in [2.05, 4.69) is 75.9 Å². The summed E-state index contributed by atoms with van der Waals surface area (Å²) < 4.78 is 0. The molecule has 0 aliphatic carbocycles. The summed E-state index contributed by atoms with van der Waals surface area (Å²) in [5, 5.41) is 7.50. The van der Waals surface area contributed by atoms with Crippen LogP contribution in [-0.2, 0) is 11.2 Å². The van der Waals surface area contributed by atoms with Gasteiger partial charge >= 0.3 is 0 Å². The molecule has 0 bridgehead atoms. The van der Waals surface area contributed by atoms with Gasteiger partial charge in [-0.3, -0.25) is 4.79 Å². The van der Waals surface area contributed by atoms with Gasteiger partial charge in [0.2, 0.25) is 0 Å². The second-order valence-electron chi connectivity index (χ2n) is 6.25. The highest BCUT2D eigenvalue weighted by Gasteiger charge is 2.04. The van der Waals surface area contributed by atoms with Gasteiger partial charge in [0, 0.05) is 6.42 Å². The van der Waals surface area contributed by atoms with E-state index < -0.39 is 0 Å². The fraction of sp³-hybridized carbons (Fsp3) is 0.391. The second kappa shape index (κ2) is 13.8. The summed E-state index contributed by atoms with van der Waals surface area (Å²) in [4.78, 5) is 11.2. The van der Waals surface area contributed by atoms with Crippen molar-refractivity contribution in [2.45, 2.75) is 53.9 Å². The molecule has 26 heavy (non-hydrogen) atoms. The highest BCUT2D eigenvalue weighted by Crippen LogP contribution is 2.23. The number of benzene rings is 2. The molecule has 0 atom stereocenters. The zero-order chi connectivity index (χ0) is 19.9. The minimum absolute atomic E-state index is 0.125. The van der Waals surface area contributed by atoms with E-state index in [1.54, 1.807) is 13.0 Å². The maximum absolute atomic E-state index is 11.2. The van der Waals surface area contributed by atoms with Crippen LogP contribution in [0, 0.1) is 25.2 Å². The SMILES string of the molecule is CC(=O)Cc1ccc(-c2ccc(C)cc2)cc1C.CCCC.N#CCN. The van der Waals surface area contributed by atoms with Crippen LogP contribution in [0.4, 0.5) is 0 Å². The van der Waals surface area contributed by atoms with Gasteiger partial charge in [0.15, 0.2) is 0 Å². The van der Waals surface area contributed by atoms with Crippen molar-refractivity contribution in [1.29, 1.82) is 5.26 Å². The molecule has 0 spiro atoms. The number of nitrogens with zero attached hydrogens (tertiary/aromatic N) is 1. The van der Waals surface area contributed by atoms with E-state index >= 15 is 0 Å². The molecule has 2 aromatic carbocycles. The minimum atomic E-state index is 0.125. The zero-order valence-electron chi connectivity index (χ0n) is 16.8. The molecule has 0 unspecified atom stereocenters. The maximum atomic E-state index is 11.2. The van der Waals surface area contributed by atoms with Gasteiger partial charge < -0.3 is 5.73 Å². The predicted molar refractivity (Wildman–Crippen MR) is 111 cm³/mol. The molecule has 2 N–H and O–H groups in total. The minimum Gasteiger partial charge on any atom is -0.318 e. The van der Waals surface area contributed by atoms with Crippen LogP contribution in [0.25, 0.3) is 11.1 Å². The molecule has 0 aliphatic rings. The first-order chi connectivity index (χ1) is 12.4. The number of carbonyl (C=O) groups excluding carboxylic acids is 1. The van der Waals surface area contributed by atoms with Crippen LogP contribution in [0.1, 0.15) is 50.3 Å². The van der Waals surface area contributed by atoms with Crippen LogP contribution in [0.5, 0.6) is 0 Å². The van der Waals surface area contributed by atoms with Gasteiger partial charge in [-0.15, -0.1) is 0 Å². The van der Waals surface area contributed by atoms with Crippen molar-refractivity contribution < 1.29 is 4.79 Å². The Labute approximate surface area is 158 Å². The Morgan fingerprint density at radius 1 is 1.00 bits per heavy atom. The number of aryl methyl sites for hydroxylation is 2. The Morgan fingerprint density at radius 3 is 1.88 bits per heavy atom. The number of nitriles is 1. The molecule has 0 saturated heterocycles. The highest BCUT2D eigenvalue weighted by atomic mass is 16.1. The molecular weight excluding hydrogens is 320 g/mol. The third-order valence-corrected chi connectivity index (χ3v) is 3.76. The normalized spacial score (nSPS) is 9.12. The Kier molecular flexibility index (Phi) is 12.5. The molecule has 3 nitrogen and oxygen atoms in total. The predicted octanol–water partition coefficient (Wildman–Crippen LogP) is 5.38. The Morgan fingerprint density at radius 2 is 1.50 bits per heavy atom. The Hall–Kier alpha value is -2.44. The highest BCUT2D eigenvalue weighted by molar-refractivity contribution is 5.79. The fourth-order valence-corrected chi connectivity index (χ4v) is 2.09. The summed E-state index contributed by atoms with van der Waals surface area (Å²) in [5.74, 6) is 0.209. The van der Waals surface area contributed by atoms with Gasteiger partial charge in [0.25, 0.3) is 0 Å². The van der Waals surface area contributed by atoms with Crippen LogP contribution in [0.2, 0.25) is 0 Å². The van der Waals surface area contributed by atoms with E-state index in [4.69, 9.17) is 5.26 Å². The van der Waals surface area contributed by atoms with Crippen molar-refractivity contribution in [3.63, 3.8) is 0 Å². The number of Topliss-reactive ketones (excluding diaryl/α,β-unsaturated/α-hetero) is 1. The lowest BCUT2D eigenvalue weighted by Crippen LogP contribution is -1.98. The summed E-state index contributed by atoms with van der Waals surface area (Å²) >= 11 is 0. The average molecular weight is 353 g/mol. The van der Waals surface area contributed by atoms with E-state index in [0.29, 0.717) is 6.42 Å². The van der Waals surface area contributed by atoms with Crippen molar-refractivity contribution in [3.8, 4) is 17.2 Å². The lowest BCUT2D eigenvalue weighted by atomic mass is 9.97. The largest absolute Gasteiger partial charge is 0.318 e. The quantitative estimate of drug-likeness (QED) is 0.751. The van der Waals surface area contributed by atoms with Crippen LogP contribution >= 0.6 is 0 Å². The maximum Gasteiger partial charge on any atom is 0.134 e. The third-order valence-electron chi connectivity index (χ3n) is 3.76. The Balaban J connectivity index is 0.000000662. The first kappa shape index (κ1) is 23.6. The third kappa shape index (κ3) is 9.76. The van der Waals surface area contributed by atoms with Gasteiger partial charge in [0.1, 0.15) is 5.78 Å². The second-order valence-corrected chi connectivity index (χ2v) is 6.25. The standard InChI is InChI=1S/C17H18O.C4H10.C2H4N2/c1-12-4-6-15(7-5-12)17-9-8-16(11-14(3)18)13(2)10-17;1-3-4-2;3-1-2-4/h4-10H,11H2,1-3H3;3-4H2,1-2H3;1,3H2. The fourth-order valence-electron chi connectivity index (χ4n) is 2.09. The average Bonchev–Trinajstić information content (AvgIpc) is 2.64. The number of ketones is 1. The van der Waals surface area contributed by atoms with Gasteiger partial charge in [-0.2, -0.15) is 5.26 Å². The van der Waals surface area contributed by atoms with E-state index in [1.165, 1.54) is 35.1 Å². The van der Waals surface area contributed by atoms with E-state index in [1.807, 2.05) is 0 Å². The van der Waals surface area contributed by atoms with E-state index in [-0.39, 0.29) is 12.3 Å². The number of carbonyl (C=O) groups is 1. The molecule has 2 aromatic rings. The van der Waals surface area contributed by atoms with Crippen molar-refractivity contribution in [1.82, 2.24) is 0 Å². The summed E-state index contributed by atoms with van der Waals surface area (Å²) in [6.45, 7) is 10.3. The molecule has 0 aliphatic heterocycles. The van der Waals surface area contributed by atoms with Crippen LogP contribution < -0.4 is 5.73 Å². The number of rotatable bonds is 4. The molecule has 0 aromatic heterocycles. The molecule has 0 radical (unpaired) electrons. The number of nitrogens with two attached hydrogens (primary N) is 1. The molecular formula is C23H32N2O. The lowest BCUT2D eigenvalue weighted by Gasteiger charge is -2.08. The molecule has 2 rings (SSSR count). The van der Waals surface area contributed by atoms with Crippen LogP contribution in [-0.4, -0.2) is 12.3 Å². The monoisotopic (exact) mass is 352 g/mol. The summed E-state index contributed by atoms with van der Waals surface area (Å²) in [7, 11) is 0. The van der Waals surface area contributed by atoms with Crippen LogP contribution in [0.15, 0.2) is 42.5 Å². The summed E-state index contributed by atoms with van der Waals surface area (Å²) in [6, 6.07) is 16.5. The van der Waals surface area contributed by atoms with E-state index in [0.717, 1.165) is 5.56 Å². The molecule has 0 fully saturated rings. The summed E-state index contributed by atoms with van der Waals surface area (Å²) in [6.07, 6.45) is 3.17. The molecule has 0 amide bonds. The van der Waals surface area contributed by atoms with Gasteiger partial charge in [-0.05, 0) is 43.0 Å². The van der Waals surface area contributed by atoms with Crippen molar-refractivity contribution in [2.75, 3.05) is 6.54 Å². The van der Waals surface area contributed by atoms with Crippen molar-refractivity contribution in [2.24, 2.45) is 5.73 Å². The van der Waals surface area contributed by atoms with Crippen LogP contribution in [0.3, 0.4) is 0 Å². The van der Waals surface area contributed by atoms with E-state index in [9.17, 15) is 4.79 Å². The number of hydrogen-bond donors (Lipinski definition) is 1. The first-order valence-corrected chi connectivity index (χ1v) is 9.12. The number of unbranched alkanes of at least 4 members (excludes halogenated alkanes) is 1. The lowest BCUT2D eigenvalue weighted by molar-refractivity contribution is -0.116. The van der Waals surface area contributed by atoms with Crippen molar-refractivity contribution >= 4 is 5.78 Å². The number of hydrogen-bond acceptors (Lipinski definition) is 3. The smallest absolute Gasteiger partial charge is 0.134 e. The molecule has 0 heterocycles. The van der Waals surface area contributed by atoms with Gasteiger partial charge in [0.05, 0.1) is 12.6 Å². The molecule has 140 valence electrons.